The van der Waals surface area contributed by atoms with E-state index in [1.54, 1.807) is 24.3 Å². The predicted octanol–water partition coefficient (Wildman–Crippen LogP) is 3.94. The Morgan fingerprint density at radius 2 is 1.47 bits per heavy atom. The first-order valence-electron chi connectivity index (χ1n) is 14.7. The van der Waals surface area contributed by atoms with E-state index in [1.165, 1.54) is 0 Å². The molecule has 2 aliphatic rings. The Balaban J connectivity index is 1.14. The zero-order valence-electron chi connectivity index (χ0n) is 24.8. The lowest BCUT2D eigenvalue weighted by molar-refractivity contribution is 0.0664. The number of carbonyl (C=O) groups is 2. The van der Waals surface area contributed by atoms with E-state index in [4.69, 9.17) is 19.8 Å². The molecular formula is C31H37N9O3. The molecule has 2 N–H and O–H groups in total. The standard InChI is InChI=1S/C31H37N9O3/c1-21(2)40-20-26-27(34-30(35-28(26)36-40)39-16-18-43-19-17-39)22-4-8-24(9-5-22)32-31(42)33-25-10-6-23(7-11-25)29(41)38-14-12-37(3)13-15-38/h4-11,20-21H,12-19H2,1-3H3,(H2,32,33,42). The number of urea groups is 1. The second-order valence-corrected chi connectivity index (χ2v) is 11.2. The Labute approximate surface area is 250 Å². The van der Waals surface area contributed by atoms with Gasteiger partial charge in [-0.3, -0.25) is 9.48 Å². The summed E-state index contributed by atoms with van der Waals surface area (Å²) in [7, 11) is 2.06. The quantitative estimate of drug-likeness (QED) is 0.350. The molecule has 6 rings (SSSR count). The van der Waals surface area contributed by atoms with Crippen molar-refractivity contribution in [1.29, 1.82) is 0 Å². The van der Waals surface area contributed by atoms with Crippen LogP contribution in [-0.2, 0) is 4.74 Å². The first-order chi connectivity index (χ1) is 20.8. The van der Waals surface area contributed by atoms with Crippen LogP contribution in [-0.4, -0.2) is 101 Å². The maximum Gasteiger partial charge on any atom is 0.323 e. The fraction of sp³-hybridized carbons (Fsp3) is 0.387. The van der Waals surface area contributed by atoms with Crippen molar-refractivity contribution in [1.82, 2.24) is 29.5 Å². The lowest BCUT2D eigenvalue weighted by atomic mass is 10.1. The molecule has 0 unspecified atom stereocenters. The molecule has 0 saturated carbocycles. The molecule has 12 nitrogen and oxygen atoms in total. The number of aromatic nitrogens is 4. The van der Waals surface area contributed by atoms with Gasteiger partial charge in [-0.2, -0.15) is 10.1 Å². The highest BCUT2D eigenvalue weighted by Crippen LogP contribution is 2.30. The summed E-state index contributed by atoms with van der Waals surface area (Å²) in [5, 5.41) is 11.3. The van der Waals surface area contributed by atoms with Crippen molar-refractivity contribution in [3.05, 3.63) is 60.3 Å². The molecule has 2 aromatic heterocycles. The van der Waals surface area contributed by atoms with E-state index < -0.39 is 0 Å². The van der Waals surface area contributed by atoms with Gasteiger partial charge in [0.05, 0.1) is 24.3 Å². The van der Waals surface area contributed by atoms with Crippen LogP contribution in [0.1, 0.15) is 30.2 Å². The summed E-state index contributed by atoms with van der Waals surface area (Å²) >= 11 is 0. The van der Waals surface area contributed by atoms with Crippen LogP contribution in [0.15, 0.2) is 54.7 Å². The molecule has 0 atom stereocenters. The molecule has 0 spiro atoms. The number of nitrogens with one attached hydrogen (secondary N) is 2. The number of likely N-dealkylation sites (N-methyl/N-ethyl adjacent to an activating group) is 1. The summed E-state index contributed by atoms with van der Waals surface area (Å²) in [5.41, 5.74) is 4.20. The lowest BCUT2D eigenvalue weighted by Crippen LogP contribution is -2.47. The van der Waals surface area contributed by atoms with E-state index in [0.717, 1.165) is 55.9 Å². The minimum atomic E-state index is -0.372. The second kappa shape index (κ2) is 12.4. The van der Waals surface area contributed by atoms with Gasteiger partial charge in [0, 0.05) is 74.0 Å². The first kappa shape index (κ1) is 28.6. The summed E-state index contributed by atoms with van der Waals surface area (Å²) in [5.74, 6) is 0.649. The number of hydrogen-bond acceptors (Lipinski definition) is 8. The van der Waals surface area contributed by atoms with E-state index in [2.05, 4.69) is 41.3 Å². The monoisotopic (exact) mass is 583 g/mol. The summed E-state index contributed by atoms with van der Waals surface area (Å²) in [4.78, 5) is 41.5. The molecule has 0 radical (unpaired) electrons. The Morgan fingerprint density at radius 3 is 2.09 bits per heavy atom. The number of rotatable bonds is 6. The third kappa shape index (κ3) is 6.45. The van der Waals surface area contributed by atoms with Crippen molar-refractivity contribution >= 4 is 40.3 Å². The first-order valence-corrected chi connectivity index (χ1v) is 14.7. The smallest absolute Gasteiger partial charge is 0.323 e. The molecule has 12 heteroatoms. The lowest BCUT2D eigenvalue weighted by Gasteiger charge is -2.32. The third-order valence-electron chi connectivity index (χ3n) is 7.80. The van der Waals surface area contributed by atoms with Crippen molar-refractivity contribution in [2.24, 2.45) is 0 Å². The summed E-state index contributed by atoms with van der Waals surface area (Å²) < 4.78 is 7.41. The van der Waals surface area contributed by atoms with Gasteiger partial charge in [0.1, 0.15) is 0 Å². The molecule has 0 bridgehead atoms. The molecule has 4 heterocycles. The van der Waals surface area contributed by atoms with Crippen LogP contribution in [0, 0.1) is 0 Å². The molecule has 2 aromatic carbocycles. The van der Waals surface area contributed by atoms with Gasteiger partial charge in [-0.15, -0.1) is 0 Å². The number of hydrogen-bond donors (Lipinski definition) is 2. The topological polar surface area (TPSA) is 121 Å². The van der Waals surface area contributed by atoms with E-state index >= 15 is 0 Å². The van der Waals surface area contributed by atoms with E-state index in [1.807, 2.05) is 40.0 Å². The number of nitrogens with zero attached hydrogens (tertiary/aromatic N) is 7. The number of carbonyl (C=O) groups excluding carboxylic acids is 2. The van der Waals surface area contributed by atoms with Crippen LogP contribution < -0.4 is 15.5 Å². The fourth-order valence-electron chi connectivity index (χ4n) is 5.19. The van der Waals surface area contributed by atoms with Crippen molar-refractivity contribution in [3.8, 4) is 11.3 Å². The highest BCUT2D eigenvalue weighted by Gasteiger charge is 2.21. The Bertz CT molecular complexity index is 1590. The van der Waals surface area contributed by atoms with Crippen LogP contribution in [0.5, 0.6) is 0 Å². The molecule has 224 valence electrons. The molecule has 2 aliphatic heterocycles. The highest BCUT2D eigenvalue weighted by molar-refractivity contribution is 6.01. The van der Waals surface area contributed by atoms with Gasteiger partial charge in [-0.1, -0.05) is 12.1 Å². The SMILES string of the molecule is CC(C)n1cc2c(-c3ccc(NC(=O)Nc4ccc(C(=O)N5CCN(C)CC5)cc4)cc3)nc(N3CCOCC3)nc2n1. The van der Waals surface area contributed by atoms with Crippen molar-refractivity contribution < 1.29 is 14.3 Å². The fourth-order valence-corrected chi connectivity index (χ4v) is 5.19. The average molecular weight is 584 g/mol. The normalized spacial score (nSPS) is 16.1. The van der Waals surface area contributed by atoms with Gasteiger partial charge in [-0.05, 0) is 57.3 Å². The van der Waals surface area contributed by atoms with Crippen LogP contribution in [0.2, 0.25) is 0 Å². The zero-order chi connectivity index (χ0) is 29.9. The van der Waals surface area contributed by atoms with E-state index in [0.29, 0.717) is 41.7 Å². The van der Waals surface area contributed by atoms with Crippen LogP contribution in [0.4, 0.5) is 22.1 Å². The number of anilines is 3. The third-order valence-corrected chi connectivity index (χ3v) is 7.80. The number of ether oxygens (including phenoxy) is 1. The maximum atomic E-state index is 12.8. The number of benzene rings is 2. The molecule has 0 aliphatic carbocycles. The van der Waals surface area contributed by atoms with Crippen molar-refractivity contribution in [2.75, 3.05) is 75.1 Å². The van der Waals surface area contributed by atoms with E-state index in [-0.39, 0.29) is 18.0 Å². The molecule has 2 fully saturated rings. The summed E-state index contributed by atoms with van der Waals surface area (Å²) in [6.45, 7) is 10.1. The molecule has 4 aromatic rings. The van der Waals surface area contributed by atoms with Gasteiger partial charge in [0.2, 0.25) is 5.95 Å². The second-order valence-electron chi connectivity index (χ2n) is 11.2. The molecular weight excluding hydrogens is 546 g/mol. The van der Waals surface area contributed by atoms with Gasteiger partial charge in [-0.25, -0.2) is 9.78 Å². The van der Waals surface area contributed by atoms with Gasteiger partial charge in [0.15, 0.2) is 5.65 Å². The molecule has 43 heavy (non-hydrogen) atoms. The van der Waals surface area contributed by atoms with Crippen LogP contribution >= 0.6 is 0 Å². The number of amides is 3. The molecule has 2 saturated heterocycles. The summed E-state index contributed by atoms with van der Waals surface area (Å²) in [6.07, 6.45) is 1.99. The van der Waals surface area contributed by atoms with Crippen LogP contribution in [0.3, 0.4) is 0 Å². The number of fused-ring (bicyclic) bond motifs is 1. The van der Waals surface area contributed by atoms with Crippen molar-refractivity contribution in [2.45, 2.75) is 19.9 Å². The minimum Gasteiger partial charge on any atom is -0.378 e. The Hall–Kier alpha value is -4.55. The largest absolute Gasteiger partial charge is 0.378 e. The number of piperazine rings is 1. The number of morpholine rings is 1. The zero-order valence-corrected chi connectivity index (χ0v) is 24.8. The van der Waals surface area contributed by atoms with E-state index in [9.17, 15) is 9.59 Å². The molecule has 3 amide bonds. The average Bonchev–Trinajstić information content (AvgIpc) is 3.47. The van der Waals surface area contributed by atoms with Gasteiger partial charge in [0.25, 0.3) is 5.91 Å². The predicted molar refractivity (Wildman–Crippen MR) is 167 cm³/mol. The summed E-state index contributed by atoms with van der Waals surface area (Å²) in [6, 6.07) is 14.4. The Morgan fingerprint density at radius 1 is 0.837 bits per heavy atom. The minimum absolute atomic E-state index is 0.0128. The van der Waals surface area contributed by atoms with Crippen molar-refractivity contribution in [3.63, 3.8) is 0 Å². The Kier molecular flexibility index (Phi) is 8.21. The van der Waals surface area contributed by atoms with Gasteiger partial charge < -0.3 is 30.1 Å². The van der Waals surface area contributed by atoms with Crippen LogP contribution in [0.25, 0.3) is 22.3 Å². The maximum absolute atomic E-state index is 12.8. The highest BCUT2D eigenvalue weighted by atomic mass is 16.5. The van der Waals surface area contributed by atoms with Gasteiger partial charge >= 0.3 is 6.03 Å².